The van der Waals surface area contributed by atoms with Gasteiger partial charge in [-0.05, 0) is 43.2 Å². The maximum absolute atomic E-state index is 6.14. The highest BCUT2D eigenvalue weighted by atomic mass is 32.1. The summed E-state index contributed by atoms with van der Waals surface area (Å²) < 4.78 is 17.0. The van der Waals surface area contributed by atoms with E-state index in [0.29, 0.717) is 12.4 Å². The molecule has 1 aliphatic rings. The monoisotopic (exact) mass is 310 g/mol. The molecule has 2 rings (SSSR count). The highest BCUT2D eigenvalue weighted by Gasteiger charge is 2.32. The van der Waals surface area contributed by atoms with Crippen LogP contribution in [0.2, 0.25) is 0 Å². The standard InChI is InChI=1S/C17H26O3S/c1-13-9-14(18-2)16(15(10-13)19-3)20-11-17(12-21)7-5-4-6-8-17/h9-10,21H,4-8,11-12H2,1-3H3. The molecule has 1 aliphatic carbocycles. The number of thiol groups is 1. The molecule has 3 nitrogen and oxygen atoms in total. The maximum atomic E-state index is 6.14. The van der Waals surface area contributed by atoms with Crippen LogP contribution in [0.1, 0.15) is 37.7 Å². The zero-order valence-corrected chi connectivity index (χ0v) is 14.2. The van der Waals surface area contributed by atoms with E-state index in [0.717, 1.165) is 22.8 Å². The van der Waals surface area contributed by atoms with Gasteiger partial charge in [-0.3, -0.25) is 0 Å². The van der Waals surface area contributed by atoms with Crippen molar-refractivity contribution in [2.45, 2.75) is 39.0 Å². The number of hydrogen-bond donors (Lipinski definition) is 1. The van der Waals surface area contributed by atoms with E-state index in [9.17, 15) is 0 Å². The lowest BCUT2D eigenvalue weighted by molar-refractivity contribution is 0.115. The number of ether oxygens (including phenoxy) is 3. The number of rotatable bonds is 6. The van der Waals surface area contributed by atoms with Gasteiger partial charge in [0.2, 0.25) is 5.75 Å². The second-order valence-electron chi connectivity index (χ2n) is 6.01. The van der Waals surface area contributed by atoms with Gasteiger partial charge in [0.15, 0.2) is 11.5 Å². The van der Waals surface area contributed by atoms with Gasteiger partial charge in [-0.25, -0.2) is 0 Å². The molecule has 21 heavy (non-hydrogen) atoms. The van der Waals surface area contributed by atoms with Crippen LogP contribution in [0.4, 0.5) is 0 Å². The lowest BCUT2D eigenvalue weighted by Gasteiger charge is -2.35. The van der Waals surface area contributed by atoms with Crippen LogP contribution in [0.25, 0.3) is 0 Å². The summed E-state index contributed by atoms with van der Waals surface area (Å²) in [6.07, 6.45) is 6.24. The van der Waals surface area contributed by atoms with Crippen LogP contribution in [-0.2, 0) is 0 Å². The summed E-state index contributed by atoms with van der Waals surface area (Å²) in [6, 6.07) is 3.96. The van der Waals surface area contributed by atoms with Crippen LogP contribution in [0.3, 0.4) is 0 Å². The summed E-state index contributed by atoms with van der Waals surface area (Å²) >= 11 is 4.57. The number of benzene rings is 1. The van der Waals surface area contributed by atoms with Gasteiger partial charge < -0.3 is 14.2 Å². The van der Waals surface area contributed by atoms with Crippen molar-refractivity contribution in [1.29, 1.82) is 0 Å². The van der Waals surface area contributed by atoms with E-state index in [1.807, 2.05) is 19.1 Å². The van der Waals surface area contributed by atoms with Crippen molar-refractivity contribution < 1.29 is 14.2 Å². The molecule has 118 valence electrons. The molecule has 0 N–H and O–H groups in total. The van der Waals surface area contributed by atoms with Crippen LogP contribution >= 0.6 is 12.6 Å². The fourth-order valence-electron chi connectivity index (χ4n) is 3.03. The molecule has 1 fully saturated rings. The van der Waals surface area contributed by atoms with E-state index in [2.05, 4.69) is 12.6 Å². The van der Waals surface area contributed by atoms with E-state index >= 15 is 0 Å². The van der Waals surface area contributed by atoms with Gasteiger partial charge in [-0.1, -0.05) is 19.3 Å². The highest BCUT2D eigenvalue weighted by Crippen LogP contribution is 2.42. The minimum atomic E-state index is 0.183. The van der Waals surface area contributed by atoms with Crippen molar-refractivity contribution >= 4 is 12.6 Å². The summed E-state index contributed by atoms with van der Waals surface area (Å²) in [4.78, 5) is 0. The van der Waals surface area contributed by atoms with Gasteiger partial charge in [-0.2, -0.15) is 12.6 Å². The Morgan fingerprint density at radius 3 is 2.10 bits per heavy atom. The van der Waals surface area contributed by atoms with E-state index < -0.39 is 0 Å². The summed E-state index contributed by atoms with van der Waals surface area (Å²) in [6.45, 7) is 2.69. The second-order valence-corrected chi connectivity index (χ2v) is 6.32. The topological polar surface area (TPSA) is 27.7 Å². The number of methoxy groups -OCH3 is 2. The molecular weight excluding hydrogens is 284 g/mol. The van der Waals surface area contributed by atoms with Gasteiger partial charge >= 0.3 is 0 Å². The molecule has 0 aromatic heterocycles. The molecule has 0 spiro atoms. The molecule has 0 radical (unpaired) electrons. The van der Waals surface area contributed by atoms with Crippen LogP contribution in [0.15, 0.2) is 12.1 Å². The number of hydrogen-bond acceptors (Lipinski definition) is 4. The first-order valence-corrected chi connectivity index (χ1v) is 8.24. The van der Waals surface area contributed by atoms with Gasteiger partial charge in [0, 0.05) is 5.41 Å². The molecule has 1 aromatic carbocycles. The van der Waals surface area contributed by atoms with Gasteiger partial charge in [0.1, 0.15) is 0 Å². The van der Waals surface area contributed by atoms with Gasteiger partial charge in [-0.15, -0.1) is 0 Å². The Balaban J connectivity index is 2.18. The molecule has 0 unspecified atom stereocenters. The largest absolute Gasteiger partial charge is 0.493 e. The molecule has 0 atom stereocenters. The van der Waals surface area contributed by atoms with Crippen LogP contribution in [-0.4, -0.2) is 26.6 Å². The van der Waals surface area contributed by atoms with Gasteiger partial charge in [0.25, 0.3) is 0 Å². The predicted molar refractivity (Wildman–Crippen MR) is 89.1 cm³/mol. The normalized spacial score (nSPS) is 17.3. The average molecular weight is 310 g/mol. The quantitative estimate of drug-likeness (QED) is 0.795. The van der Waals surface area contributed by atoms with Crippen molar-refractivity contribution in [2.75, 3.05) is 26.6 Å². The third-order valence-corrected chi connectivity index (χ3v) is 5.05. The summed E-state index contributed by atoms with van der Waals surface area (Å²) in [5.74, 6) is 3.04. The third-order valence-electron chi connectivity index (χ3n) is 4.38. The Bertz CT molecular complexity index is 442. The van der Waals surface area contributed by atoms with Crippen molar-refractivity contribution in [1.82, 2.24) is 0 Å². The van der Waals surface area contributed by atoms with Crippen molar-refractivity contribution in [3.63, 3.8) is 0 Å². The van der Waals surface area contributed by atoms with E-state index in [4.69, 9.17) is 14.2 Å². The van der Waals surface area contributed by atoms with Crippen LogP contribution in [0, 0.1) is 12.3 Å². The molecule has 0 amide bonds. The second kappa shape index (κ2) is 7.30. The fraction of sp³-hybridized carbons (Fsp3) is 0.647. The van der Waals surface area contributed by atoms with Crippen molar-refractivity contribution in [3.05, 3.63) is 17.7 Å². The fourth-order valence-corrected chi connectivity index (χ4v) is 3.44. The van der Waals surface area contributed by atoms with Crippen LogP contribution in [0.5, 0.6) is 17.2 Å². The first kappa shape index (κ1) is 16.3. The van der Waals surface area contributed by atoms with E-state index in [-0.39, 0.29) is 5.41 Å². The lowest BCUT2D eigenvalue weighted by atomic mass is 9.76. The predicted octanol–water partition coefficient (Wildman–Crippen LogP) is 4.27. The number of aryl methyl sites for hydroxylation is 1. The molecule has 0 aliphatic heterocycles. The highest BCUT2D eigenvalue weighted by molar-refractivity contribution is 7.80. The smallest absolute Gasteiger partial charge is 0.203 e. The zero-order valence-electron chi connectivity index (χ0n) is 13.3. The van der Waals surface area contributed by atoms with Crippen molar-refractivity contribution in [3.8, 4) is 17.2 Å². The Morgan fingerprint density at radius 1 is 1.05 bits per heavy atom. The Morgan fingerprint density at radius 2 is 1.62 bits per heavy atom. The Hall–Kier alpha value is -1.03. The summed E-state index contributed by atoms with van der Waals surface area (Å²) in [7, 11) is 3.33. The summed E-state index contributed by atoms with van der Waals surface area (Å²) in [5.41, 5.74) is 1.28. The van der Waals surface area contributed by atoms with Crippen LogP contribution < -0.4 is 14.2 Å². The maximum Gasteiger partial charge on any atom is 0.203 e. The Labute approximate surface area is 133 Å². The summed E-state index contributed by atoms with van der Waals surface area (Å²) in [5, 5.41) is 0. The van der Waals surface area contributed by atoms with Gasteiger partial charge in [0.05, 0.1) is 20.8 Å². The van der Waals surface area contributed by atoms with E-state index in [1.165, 1.54) is 32.1 Å². The molecule has 4 heteroatoms. The molecule has 0 bridgehead atoms. The molecule has 0 saturated heterocycles. The Kier molecular flexibility index (Phi) is 5.68. The molecular formula is C17H26O3S. The lowest BCUT2D eigenvalue weighted by Crippen LogP contribution is -2.33. The van der Waals surface area contributed by atoms with E-state index in [1.54, 1.807) is 14.2 Å². The molecule has 1 saturated carbocycles. The first-order valence-electron chi connectivity index (χ1n) is 7.60. The molecule has 0 heterocycles. The average Bonchev–Trinajstić information content (AvgIpc) is 2.53. The minimum Gasteiger partial charge on any atom is -0.493 e. The van der Waals surface area contributed by atoms with Crippen molar-refractivity contribution in [2.24, 2.45) is 5.41 Å². The first-order chi connectivity index (χ1) is 10.1. The molecule has 1 aromatic rings. The minimum absolute atomic E-state index is 0.183. The zero-order chi connectivity index (χ0) is 15.3. The SMILES string of the molecule is COc1cc(C)cc(OC)c1OCC1(CS)CCCCC1. The third kappa shape index (κ3) is 3.79.